The molecule has 2 unspecified atom stereocenters. The van der Waals surface area contributed by atoms with E-state index in [1.165, 1.54) is 30.1 Å². The van der Waals surface area contributed by atoms with Crippen LogP contribution < -0.4 is 15.5 Å². The molecular formula is C21H37N5OS. The molecule has 2 saturated heterocycles. The van der Waals surface area contributed by atoms with Crippen LogP contribution in [0.3, 0.4) is 0 Å². The highest BCUT2D eigenvalue weighted by molar-refractivity contribution is 7.13. The van der Waals surface area contributed by atoms with Gasteiger partial charge in [-0.3, -0.25) is 4.99 Å². The fraction of sp³-hybridized carbons (Fsp3) is 0.810. The average molecular weight is 408 g/mol. The fourth-order valence-corrected chi connectivity index (χ4v) is 5.15. The van der Waals surface area contributed by atoms with Crippen LogP contribution in [0.25, 0.3) is 0 Å². The lowest BCUT2D eigenvalue weighted by atomic mass is 9.78. The highest BCUT2D eigenvalue weighted by Crippen LogP contribution is 2.33. The summed E-state index contributed by atoms with van der Waals surface area (Å²) in [6.45, 7) is 11.8. The quantitative estimate of drug-likeness (QED) is 0.560. The molecule has 0 radical (unpaired) electrons. The number of guanidine groups is 1. The number of nitrogens with one attached hydrogen (secondary N) is 2. The van der Waals surface area contributed by atoms with Gasteiger partial charge in [-0.2, -0.15) is 0 Å². The third-order valence-electron chi connectivity index (χ3n) is 5.64. The molecule has 1 aromatic rings. The number of hydrogen-bond acceptors (Lipinski definition) is 5. The van der Waals surface area contributed by atoms with Crippen molar-refractivity contribution in [3.63, 3.8) is 0 Å². The Kier molecular flexibility index (Phi) is 7.57. The highest BCUT2D eigenvalue weighted by atomic mass is 32.1. The van der Waals surface area contributed by atoms with Gasteiger partial charge in [0.25, 0.3) is 0 Å². The third kappa shape index (κ3) is 5.83. The van der Waals surface area contributed by atoms with Gasteiger partial charge in [0.1, 0.15) is 0 Å². The first kappa shape index (κ1) is 21.4. The molecule has 2 fully saturated rings. The van der Waals surface area contributed by atoms with Crippen molar-refractivity contribution in [1.29, 1.82) is 0 Å². The van der Waals surface area contributed by atoms with E-state index >= 15 is 0 Å². The molecule has 2 atom stereocenters. The molecule has 0 saturated carbocycles. The molecule has 28 heavy (non-hydrogen) atoms. The summed E-state index contributed by atoms with van der Waals surface area (Å²) in [4.78, 5) is 11.6. The van der Waals surface area contributed by atoms with E-state index in [1.54, 1.807) is 11.3 Å². The molecule has 3 rings (SSSR count). The normalized spacial score (nSPS) is 23.9. The molecular weight excluding hydrogens is 370 g/mol. The van der Waals surface area contributed by atoms with Crippen LogP contribution in [0.4, 0.5) is 5.13 Å². The van der Waals surface area contributed by atoms with E-state index in [2.05, 4.69) is 46.7 Å². The van der Waals surface area contributed by atoms with E-state index in [0.29, 0.717) is 12.0 Å². The monoisotopic (exact) mass is 407 g/mol. The maximum Gasteiger partial charge on any atom is 0.191 e. The van der Waals surface area contributed by atoms with Crippen LogP contribution in [0.5, 0.6) is 0 Å². The van der Waals surface area contributed by atoms with E-state index in [4.69, 9.17) is 9.72 Å². The van der Waals surface area contributed by atoms with Gasteiger partial charge in [0.05, 0.1) is 11.8 Å². The summed E-state index contributed by atoms with van der Waals surface area (Å²) < 4.78 is 6.09. The number of nitrogens with zero attached hydrogens (tertiary/aromatic N) is 3. The van der Waals surface area contributed by atoms with Gasteiger partial charge >= 0.3 is 0 Å². The van der Waals surface area contributed by atoms with Crippen LogP contribution in [-0.2, 0) is 11.2 Å². The summed E-state index contributed by atoms with van der Waals surface area (Å²) in [6, 6.07) is 0. The SMILES string of the molecule is CN=C(NCCc1csc(N2CCCC2)n1)NCC1CCCOC1C(C)(C)C. The zero-order valence-electron chi connectivity index (χ0n) is 18.0. The Morgan fingerprint density at radius 1 is 1.29 bits per heavy atom. The van der Waals surface area contributed by atoms with Crippen molar-refractivity contribution in [3.05, 3.63) is 11.1 Å². The zero-order chi connectivity index (χ0) is 20.0. The molecule has 158 valence electrons. The lowest BCUT2D eigenvalue weighted by Gasteiger charge is -2.40. The summed E-state index contributed by atoms with van der Waals surface area (Å²) >= 11 is 1.77. The Labute approximate surface area is 174 Å². The molecule has 2 N–H and O–H groups in total. The number of hydrogen-bond donors (Lipinski definition) is 2. The molecule has 2 aliphatic heterocycles. The summed E-state index contributed by atoms with van der Waals surface area (Å²) in [7, 11) is 1.84. The van der Waals surface area contributed by atoms with Crippen LogP contribution in [0.15, 0.2) is 10.4 Å². The second-order valence-electron chi connectivity index (χ2n) is 9.01. The first-order valence-corrected chi connectivity index (χ1v) is 11.6. The molecule has 0 amide bonds. The molecule has 0 aromatic carbocycles. The van der Waals surface area contributed by atoms with E-state index in [-0.39, 0.29) is 5.41 Å². The van der Waals surface area contributed by atoms with Gasteiger partial charge in [0.15, 0.2) is 11.1 Å². The summed E-state index contributed by atoms with van der Waals surface area (Å²) in [6.07, 6.45) is 6.16. The second kappa shape index (κ2) is 9.92. The Bertz CT molecular complexity index is 633. The first-order chi connectivity index (χ1) is 13.5. The Morgan fingerprint density at radius 2 is 2.07 bits per heavy atom. The lowest BCUT2D eigenvalue weighted by Crippen LogP contribution is -2.47. The molecule has 0 aliphatic carbocycles. The topological polar surface area (TPSA) is 61.8 Å². The molecule has 0 spiro atoms. The van der Waals surface area contributed by atoms with Crippen molar-refractivity contribution in [2.24, 2.45) is 16.3 Å². The number of ether oxygens (including phenoxy) is 1. The highest BCUT2D eigenvalue weighted by Gasteiger charge is 2.35. The van der Waals surface area contributed by atoms with E-state index < -0.39 is 0 Å². The molecule has 3 heterocycles. The largest absolute Gasteiger partial charge is 0.377 e. The maximum atomic E-state index is 6.09. The van der Waals surface area contributed by atoms with E-state index in [9.17, 15) is 0 Å². The predicted molar refractivity (Wildman–Crippen MR) is 119 cm³/mol. The third-order valence-corrected chi connectivity index (χ3v) is 6.59. The van der Waals surface area contributed by atoms with Crippen molar-refractivity contribution in [2.75, 3.05) is 44.7 Å². The van der Waals surface area contributed by atoms with Crippen LogP contribution >= 0.6 is 11.3 Å². The van der Waals surface area contributed by atoms with E-state index in [1.807, 2.05) is 7.05 Å². The van der Waals surface area contributed by atoms with Gasteiger partial charge in [0, 0.05) is 57.6 Å². The number of thiazole rings is 1. The number of aliphatic imine (C=N–C) groups is 1. The molecule has 0 bridgehead atoms. The summed E-state index contributed by atoms with van der Waals surface area (Å²) in [5, 5.41) is 10.3. The van der Waals surface area contributed by atoms with Gasteiger partial charge in [0.2, 0.25) is 0 Å². The maximum absolute atomic E-state index is 6.09. The van der Waals surface area contributed by atoms with Gasteiger partial charge in [-0.25, -0.2) is 4.98 Å². The molecule has 7 heteroatoms. The van der Waals surface area contributed by atoms with E-state index in [0.717, 1.165) is 51.6 Å². The fourth-order valence-electron chi connectivity index (χ4n) is 4.23. The van der Waals surface area contributed by atoms with Crippen LogP contribution in [0.2, 0.25) is 0 Å². The van der Waals surface area contributed by atoms with Crippen molar-refractivity contribution in [3.8, 4) is 0 Å². The van der Waals surface area contributed by atoms with Crippen molar-refractivity contribution < 1.29 is 4.74 Å². The summed E-state index contributed by atoms with van der Waals surface area (Å²) in [5.41, 5.74) is 1.34. The second-order valence-corrected chi connectivity index (χ2v) is 9.84. The molecule has 6 nitrogen and oxygen atoms in total. The Balaban J connectivity index is 1.42. The average Bonchev–Trinajstić information content (AvgIpc) is 3.35. The Hall–Kier alpha value is -1.34. The minimum atomic E-state index is 0.168. The zero-order valence-corrected chi connectivity index (χ0v) is 18.8. The smallest absolute Gasteiger partial charge is 0.191 e. The number of aromatic nitrogens is 1. The molecule has 2 aliphatic rings. The van der Waals surface area contributed by atoms with Crippen LogP contribution in [0, 0.1) is 11.3 Å². The predicted octanol–water partition coefficient (Wildman–Crippen LogP) is 3.29. The van der Waals surface area contributed by atoms with Crippen molar-refractivity contribution in [2.45, 2.75) is 59.0 Å². The Morgan fingerprint density at radius 3 is 2.79 bits per heavy atom. The molecule has 1 aromatic heterocycles. The minimum Gasteiger partial charge on any atom is -0.377 e. The number of anilines is 1. The standard InChI is InChI=1S/C21H37N5OS/c1-21(2,3)18-16(8-7-13-27-18)14-24-19(22-4)23-10-9-17-15-28-20(25-17)26-11-5-6-12-26/h15-16,18H,5-14H2,1-4H3,(H2,22,23,24). The van der Waals surface area contributed by atoms with Crippen molar-refractivity contribution in [1.82, 2.24) is 15.6 Å². The van der Waals surface area contributed by atoms with Gasteiger partial charge in [-0.05, 0) is 31.1 Å². The minimum absolute atomic E-state index is 0.168. The van der Waals surface area contributed by atoms with Gasteiger partial charge < -0.3 is 20.3 Å². The van der Waals surface area contributed by atoms with Gasteiger partial charge in [-0.1, -0.05) is 20.8 Å². The lowest BCUT2D eigenvalue weighted by molar-refractivity contribution is -0.0835. The first-order valence-electron chi connectivity index (χ1n) is 10.7. The summed E-state index contributed by atoms with van der Waals surface area (Å²) in [5.74, 6) is 1.39. The van der Waals surface area contributed by atoms with Crippen molar-refractivity contribution >= 4 is 22.4 Å². The van der Waals surface area contributed by atoms with Gasteiger partial charge in [-0.15, -0.1) is 11.3 Å². The van der Waals surface area contributed by atoms with Crippen LogP contribution in [0.1, 0.15) is 52.1 Å². The number of rotatable bonds is 6. The van der Waals surface area contributed by atoms with Crippen LogP contribution in [-0.4, -0.2) is 56.9 Å².